The van der Waals surface area contributed by atoms with Gasteiger partial charge in [0.15, 0.2) is 17.5 Å². The summed E-state index contributed by atoms with van der Waals surface area (Å²) >= 11 is 0. The summed E-state index contributed by atoms with van der Waals surface area (Å²) in [5.41, 5.74) is 12.2. The highest BCUT2D eigenvalue weighted by Crippen LogP contribution is 2.58. The standard InChI is InChI=1S/C58H37N3/c1-4-19-40(20-5-1)55-59-56(41-21-6-2-7-22-41)61-57(60-55)54-48-29-15-13-27-46(48)45-26-12-14-28-47(45)52(54)39-32-35-43(36-33-39)58(42-23-8-3-9-24-42)50-31-17-16-30-49(50)53-44-25-11-10-18-38(44)34-37-51(53)58/h1-37H. The summed E-state index contributed by atoms with van der Waals surface area (Å²) in [4.78, 5) is 15.7. The highest BCUT2D eigenvalue weighted by Gasteiger charge is 2.46. The highest BCUT2D eigenvalue weighted by molar-refractivity contribution is 6.21. The maximum absolute atomic E-state index is 5.33. The van der Waals surface area contributed by atoms with Gasteiger partial charge in [-0.25, -0.2) is 15.0 Å². The number of fused-ring (bicyclic) bond motifs is 8. The Labute approximate surface area is 354 Å². The Morgan fingerprint density at radius 1 is 0.262 bits per heavy atom. The molecule has 0 radical (unpaired) electrons. The zero-order valence-electron chi connectivity index (χ0n) is 33.2. The van der Waals surface area contributed by atoms with E-state index >= 15 is 0 Å². The minimum atomic E-state index is -0.534. The van der Waals surface area contributed by atoms with Crippen LogP contribution in [-0.4, -0.2) is 15.0 Å². The zero-order chi connectivity index (χ0) is 40.3. The first-order valence-corrected chi connectivity index (χ1v) is 20.9. The number of nitrogens with zero attached hydrogens (tertiary/aromatic N) is 3. The molecule has 10 aromatic carbocycles. The van der Waals surface area contributed by atoms with Gasteiger partial charge in [0.1, 0.15) is 0 Å². The lowest BCUT2D eigenvalue weighted by Crippen LogP contribution is -2.28. The van der Waals surface area contributed by atoms with Crippen LogP contribution in [0, 0.1) is 0 Å². The fourth-order valence-corrected chi connectivity index (χ4v) is 10.0. The van der Waals surface area contributed by atoms with Crippen molar-refractivity contribution in [2.45, 2.75) is 5.41 Å². The van der Waals surface area contributed by atoms with E-state index in [-0.39, 0.29) is 0 Å². The summed E-state index contributed by atoms with van der Waals surface area (Å²) in [7, 11) is 0. The molecule has 11 aromatic rings. The monoisotopic (exact) mass is 775 g/mol. The highest BCUT2D eigenvalue weighted by atomic mass is 15.0. The summed E-state index contributed by atoms with van der Waals surface area (Å²) in [6, 6.07) is 80.7. The SMILES string of the molecule is c1ccc(-c2nc(-c3ccccc3)nc(-c3c(-c4ccc(C5(c6ccccc6)c6ccccc6-c6c5ccc5ccccc65)cc4)c4ccccc4c4ccccc34)n2)cc1. The smallest absolute Gasteiger partial charge is 0.165 e. The average Bonchev–Trinajstić information content (AvgIpc) is 3.66. The zero-order valence-corrected chi connectivity index (χ0v) is 33.2. The minimum Gasteiger partial charge on any atom is -0.208 e. The molecule has 0 aliphatic heterocycles. The first kappa shape index (κ1) is 35.0. The van der Waals surface area contributed by atoms with Gasteiger partial charge in [-0.1, -0.05) is 224 Å². The topological polar surface area (TPSA) is 38.7 Å². The second-order valence-electron chi connectivity index (χ2n) is 15.8. The van der Waals surface area contributed by atoms with Crippen LogP contribution in [0.1, 0.15) is 22.3 Å². The molecule has 1 heterocycles. The summed E-state index contributed by atoms with van der Waals surface area (Å²) in [6.07, 6.45) is 0. The summed E-state index contributed by atoms with van der Waals surface area (Å²) < 4.78 is 0. The molecular weight excluding hydrogens is 739 g/mol. The van der Waals surface area contributed by atoms with E-state index < -0.39 is 5.41 Å². The Morgan fingerprint density at radius 3 is 1.38 bits per heavy atom. The van der Waals surface area contributed by atoms with Gasteiger partial charge >= 0.3 is 0 Å². The number of rotatable bonds is 6. The van der Waals surface area contributed by atoms with Crippen LogP contribution in [0.25, 0.3) is 88.7 Å². The van der Waals surface area contributed by atoms with Gasteiger partial charge in [-0.05, 0) is 71.3 Å². The largest absolute Gasteiger partial charge is 0.208 e. The third-order valence-electron chi connectivity index (χ3n) is 12.6. The van der Waals surface area contributed by atoms with E-state index in [1.165, 1.54) is 49.5 Å². The number of hydrogen-bond acceptors (Lipinski definition) is 3. The molecule has 0 saturated carbocycles. The molecule has 0 N–H and O–H groups in total. The lowest BCUT2D eigenvalue weighted by atomic mass is 9.67. The van der Waals surface area contributed by atoms with Crippen molar-refractivity contribution in [1.82, 2.24) is 15.0 Å². The van der Waals surface area contributed by atoms with Crippen LogP contribution in [0.2, 0.25) is 0 Å². The van der Waals surface area contributed by atoms with Crippen molar-refractivity contribution in [2.24, 2.45) is 0 Å². The Morgan fingerprint density at radius 2 is 0.738 bits per heavy atom. The van der Waals surface area contributed by atoms with E-state index in [2.05, 4.69) is 188 Å². The first-order valence-electron chi connectivity index (χ1n) is 20.9. The van der Waals surface area contributed by atoms with E-state index in [1.807, 2.05) is 36.4 Å². The van der Waals surface area contributed by atoms with Crippen LogP contribution in [0.3, 0.4) is 0 Å². The molecule has 0 amide bonds. The van der Waals surface area contributed by atoms with Crippen LogP contribution in [0.5, 0.6) is 0 Å². The van der Waals surface area contributed by atoms with Gasteiger partial charge in [-0.15, -0.1) is 0 Å². The maximum atomic E-state index is 5.33. The van der Waals surface area contributed by atoms with Gasteiger partial charge in [0.2, 0.25) is 0 Å². The second kappa shape index (κ2) is 14.1. The molecule has 0 bridgehead atoms. The number of aromatic nitrogens is 3. The normalized spacial score (nSPS) is 14.3. The lowest BCUT2D eigenvalue weighted by Gasteiger charge is -2.34. The van der Waals surface area contributed by atoms with Gasteiger partial charge in [0.05, 0.1) is 5.41 Å². The molecule has 1 unspecified atom stereocenters. The predicted octanol–water partition coefficient (Wildman–Crippen LogP) is 14.4. The molecule has 3 heteroatoms. The second-order valence-corrected chi connectivity index (χ2v) is 15.8. The molecule has 1 aliphatic carbocycles. The van der Waals surface area contributed by atoms with Gasteiger partial charge in [-0.3, -0.25) is 0 Å². The van der Waals surface area contributed by atoms with Gasteiger partial charge in [-0.2, -0.15) is 0 Å². The molecule has 0 fully saturated rings. The van der Waals surface area contributed by atoms with Crippen molar-refractivity contribution < 1.29 is 0 Å². The quantitative estimate of drug-likeness (QED) is 0.158. The summed E-state index contributed by atoms with van der Waals surface area (Å²) in [6.45, 7) is 0. The molecular formula is C58H37N3. The van der Waals surface area contributed by atoms with Gasteiger partial charge < -0.3 is 0 Å². The summed E-state index contributed by atoms with van der Waals surface area (Å²) in [5, 5.41) is 7.11. The predicted molar refractivity (Wildman–Crippen MR) is 251 cm³/mol. The van der Waals surface area contributed by atoms with Crippen LogP contribution in [0.4, 0.5) is 0 Å². The van der Waals surface area contributed by atoms with E-state index in [0.29, 0.717) is 17.5 Å². The number of hydrogen-bond donors (Lipinski definition) is 0. The number of benzene rings is 10. The van der Waals surface area contributed by atoms with Crippen molar-refractivity contribution >= 4 is 32.3 Å². The molecule has 0 spiro atoms. The van der Waals surface area contributed by atoms with Gasteiger partial charge in [0.25, 0.3) is 0 Å². The Balaban J connectivity index is 1.14. The fourth-order valence-electron chi connectivity index (χ4n) is 10.0. The van der Waals surface area contributed by atoms with E-state index in [4.69, 9.17) is 15.0 Å². The van der Waals surface area contributed by atoms with E-state index in [0.717, 1.165) is 44.0 Å². The molecule has 3 nitrogen and oxygen atoms in total. The van der Waals surface area contributed by atoms with Crippen molar-refractivity contribution in [3.63, 3.8) is 0 Å². The summed E-state index contributed by atoms with van der Waals surface area (Å²) in [5.74, 6) is 1.91. The Kier molecular flexibility index (Phi) is 8.07. The van der Waals surface area contributed by atoms with Crippen LogP contribution < -0.4 is 0 Å². The molecule has 12 rings (SSSR count). The molecule has 1 atom stereocenters. The Bertz CT molecular complexity index is 3400. The van der Waals surface area contributed by atoms with E-state index in [1.54, 1.807) is 0 Å². The van der Waals surface area contributed by atoms with Crippen LogP contribution in [0.15, 0.2) is 224 Å². The van der Waals surface area contributed by atoms with Crippen molar-refractivity contribution in [1.29, 1.82) is 0 Å². The van der Waals surface area contributed by atoms with Crippen LogP contribution in [-0.2, 0) is 5.41 Å². The molecule has 284 valence electrons. The molecule has 61 heavy (non-hydrogen) atoms. The first-order chi connectivity index (χ1) is 30.3. The van der Waals surface area contributed by atoms with E-state index in [9.17, 15) is 0 Å². The third-order valence-corrected chi connectivity index (χ3v) is 12.6. The van der Waals surface area contributed by atoms with Crippen molar-refractivity contribution in [2.75, 3.05) is 0 Å². The van der Waals surface area contributed by atoms with Crippen LogP contribution >= 0.6 is 0 Å². The molecule has 0 saturated heterocycles. The van der Waals surface area contributed by atoms with Gasteiger partial charge in [0, 0.05) is 22.3 Å². The van der Waals surface area contributed by atoms with Crippen molar-refractivity contribution in [3.05, 3.63) is 247 Å². The minimum absolute atomic E-state index is 0.534. The third kappa shape index (κ3) is 5.41. The molecule has 1 aliphatic rings. The Hall–Kier alpha value is -8.01. The fraction of sp³-hybridized carbons (Fsp3) is 0.0172. The average molecular weight is 776 g/mol. The van der Waals surface area contributed by atoms with Crippen molar-refractivity contribution in [3.8, 4) is 56.4 Å². The maximum Gasteiger partial charge on any atom is 0.165 e. The molecule has 1 aromatic heterocycles. The lowest BCUT2D eigenvalue weighted by molar-refractivity contribution is 0.769.